The molecule has 1 aromatic carbocycles. The number of carbonyl (C=O) groups excluding carboxylic acids is 1. The SMILES string of the molecule is CC(C)(C)C[Si](C)(OCN1CCC(O)C1)C(=O)OCc1ccccc1. The molecule has 0 spiro atoms. The van der Waals surface area contributed by atoms with Crippen molar-refractivity contribution >= 4 is 13.9 Å². The van der Waals surface area contributed by atoms with Crippen molar-refractivity contribution in [3.05, 3.63) is 35.9 Å². The van der Waals surface area contributed by atoms with Crippen molar-refractivity contribution in [2.75, 3.05) is 19.8 Å². The third kappa shape index (κ3) is 6.54. The van der Waals surface area contributed by atoms with Gasteiger partial charge in [0.1, 0.15) is 6.61 Å². The molecule has 1 aliphatic rings. The Balaban J connectivity index is 1.98. The highest BCUT2D eigenvalue weighted by molar-refractivity contribution is 6.99. The maximum absolute atomic E-state index is 12.8. The molecular weight excluding hydrogens is 334 g/mol. The van der Waals surface area contributed by atoms with Crippen molar-refractivity contribution in [3.8, 4) is 0 Å². The van der Waals surface area contributed by atoms with E-state index in [9.17, 15) is 9.90 Å². The minimum atomic E-state index is -2.72. The van der Waals surface area contributed by atoms with Crippen LogP contribution in [0.25, 0.3) is 0 Å². The Kier molecular flexibility index (Phi) is 6.79. The molecule has 0 saturated carbocycles. The molecule has 0 amide bonds. The molecule has 0 bridgehead atoms. The fourth-order valence-corrected chi connectivity index (χ4v) is 6.47. The zero-order chi connectivity index (χ0) is 18.5. The summed E-state index contributed by atoms with van der Waals surface area (Å²) in [6.07, 6.45) is 0.475. The highest BCUT2D eigenvalue weighted by atomic mass is 28.4. The molecule has 0 aliphatic carbocycles. The summed E-state index contributed by atoms with van der Waals surface area (Å²) in [7, 11) is -2.72. The molecule has 5 nitrogen and oxygen atoms in total. The second-order valence-electron chi connectivity index (χ2n) is 8.32. The lowest BCUT2D eigenvalue weighted by Crippen LogP contribution is -2.49. The van der Waals surface area contributed by atoms with Crippen LogP contribution in [0.5, 0.6) is 0 Å². The number of carbonyl (C=O) groups is 1. The van der Waals surface area contributed by atoms with Crippen LogP contribution in [0.2, 0.25) is 12.6 Å². The van der Waals surface area contributed by atoms with Gasteiger partial charge in [0.2, 0.25) is 0 Å². The van der Waals surface area contributed by atoms with Crippen molar-refractivity contribution in [2.45, 2.75) is 52.5 Å². The van der Waals surface area contributed by atoms with Gasteiger partial charge >= 0.3 is 13.9 Å². The van der Waals surface area contributed by atoms with E-state index < -0.39 is 8.32 Å². The molecule has 1 fully saturated rings. The predicted molar refractivity (Wildman–Crippen MR) is 101 cm³/mol. The third-order valence-electron chi connectivity index (χ3n) is 4.33. The summed E-state index contributed by atoms with van der Waals surface area (Å²) < 4.78 is 11.8. The molecule has 6 heteroatoms. The quantitative estimate of drug-likeness (QED) is 0.749. The smallest absolute Gasteiger partial charge is 0.316 e. The molecular formula is C19H31NO4Si. The number of ether oxygens (including phenoxy) is 1. The Morgan fingerprint density at radius 3 is 2.56 bits per heavy atom. The van der Waals surface area contributed by atoms with Crippen LogP contribution in [0.4, 0.5) is 4.79 Å². The van der Waals surface area contributed by atoms with Crippen LogP contribution in [0.1, 0.15) is 32.8 Å². The van der Waals surface area contributed by atoms with E-state index in [2.05, 4.69) is 25.7 Å². The van der Waals surface area contributed by atoms with Crippen LogP contribution >= 0.6 is 0 Å². The Morgan fingerprint density at radius 2 is 2.00 bits per heavy atom. The van der Waals surface area contributed by atoms with Gasteiger partial charge in [-0.25, -0.2) is 0 Å². The zero-order valence-corrected chi connectivity index (χ0v) is 16.8. The topological polar surface area (TPSA) is 59.0 Å². The van der Waals surface area contributed by atoms with Gasteiger partial charge in [-0.05, 0) is 30.0 Å². The van der Waals surface area contributed by atoms with Gasteiger partial charge < -0.3 is 14.3 Å². The second-order valence-corrected chi connectivity index (χ2v) is 11.8. The fraction of sp³-hybridized carbons (Fsp3) is 0.632. The first kappa shape index (κ1) is 20.1. The summed E-state index contributed by atoms with van der Waals surface area (Å²) in [6.45, 7) is 10.4. The molecule has 1 N–H and O–H groups in total. The molecule has 2 rings (SSSR count). The van der Waals surface area contributed by atoms with Gasteiger partial charge in [0.05, 0.1) is 12.8 Å². The van der Waals surface area contributed by atoms with E-state index in [1.54, 1.807) is 0 Å². The third-order valence-corrected chi connectivity index (χ3v) is 7.83. The highest BCUT2D eigenvalue weighted by Crippen LogP contribution is 2.30. The van der Waals surface area contributed by atoms with E-state index in [1.807, 2.05) is 36.9 Å². The van der Waals surface area contributed by atoms with Gasteiger partial charge in [0, 0.05) is 13.1 Å². The zero-order valence-electron chi connectivity index (χ0n) is 15.8. The average Bonchev–Trinajstić information content (AvgIpc) is 2.95. The number of hydrogen-bond acceptors (Lipinski definition) is 5. The first-order chi connectivity index (χ1) is 11.7. The summed E-state index contributed by atoms with van der Waals surface area (Å²) in [6, 6.07) is 10.4. The first-order valence-corrected chi connectivity index (χ1v) is 11.5. The summed E-state index contributed by atoms with van der Waals surface area (Å²) in [5, 5.41) is 9.66. The highest BCUT2D eigenvalue weighted by Gasteiger charge is 2.44. The van der Waals surface area contributed by atoms with E-state index in [4.69, 9.17) is 9.16 Å². The maximum Gasteiger partial charge on any atom is 0.316 e. The molecule has 1 heterocycles. The molecule has 140 valence electrons. The molecule has 0 radical (unpaired) electrons. The number of nitrogens with zero attached hydrogens (tertiary/aromatic N) is 1. The minimum absolute atomic E-state index is 0.0166. The molecule has 1 saturated heterocycles. The first-order valence-electron chi connectivity index (χ1n) is 8.93. The number of aliphatic hydroxyl groups excluding tert-OH is 1. The van der Waals surface area contributed by atoms with Crippen molar-refractivity contribution in [1.29, 1.82) is 0 Å². The number of β-amino-alcohol motifs (C(OH)–C–C–N with tert-alkyl or cyclic N) is 1. The van der Waals surface area contributed by atoms with Crippen molar-refractivity contribution < 1.29 is 19.1 Å². The van der Waals surface area contributed by atoms with Gasteiger partial charge in [0.15, 0.2) is 0 Å². The Hall–Kier alpha value is -1.21. The Bertz CT molecular complexity index is 560. The van der Waals surface area contributed by atoms with E-state index in [0.29, 0.717) is 19.3 Å². The van der Waals surface area contributed by atoms with Crippen molar-refractivity contribution in [3.63, 3.8) is 0 Å². The molecule has 1 aromatic rings. The van der Waals surface area contributed by atoms with E-state index in [1.165, 1.54) is 0 Å². The average molecular weight is 366 g/mol. The number of rotatable bonds is 7. The molecule has 25 heavy (non-hydrogen) atoms. The summed E-state index contributed by atoms with van der Waals surface area (Å²) in [5.74, 6) is 0. The lowest BCUT2D eigenvalue weighted by atomic mass is 10.0. The predicted octanol–water partition coefficient (Wildman–Crippen LogP) is 3.57. The lowest BCUT2D eigenvalue weighted by molar-refractivity contribution is 0.107. The maximum atomic E-state index is 12.8. The molecule has 2 unspecified atom stereocenters. The number of benzene rings is 1. The summed E-state index contributed by atoms with van der Waals surface area (Å²) in [4.78, 5) is 14.9. The van der Waals surface area contributed by atoms with Crippen LogP contribution in [0, 0.1) is 5.41 Å². The van der Waals surface area contributed by atoms with E-state index in [0.717, 1.165) is 18.5 Å². The largest absolute Gasteiger partial charge is 0.463 e. The van der Waals surface area contributed by atoms with Crippen molar-refractivity contribution in [1.82, 2.24) is 4.90 Å². The molecule has 1 aliphatic heterocycles. The van der Waals surface area contributed by atoms with Gasteiger partial charge in [-0.1, -0.05) is 51.1 Å². The van der Waals surface area contributed by atoms with Gasteiger partial charge in [0.25, 0.3) is 0 Å². The minimum Gasteiger partial charge on any atom is -0.463 e. The fourth-order valence-electron chi connectivity index (χ4n) is 3.23. The summed E-state index contributed by atoms with van der Waals surface area (Å²) in [5.41, 5.74) is 0.758. The number of hydrogen-bond donors (Lipinski definition) is 1. The number of aliphatic hydroxyl groups is 1. The summed E-state index contributed by atoms with van der Waals surface area (Å²) >= 11 is 0. The van der Waals surface area contributed by atoms with Gasteiger partial charge in [-0.2, -0.15) is 0 Å². The van der Waals surface area contributed by atoms with Gasteiger partial charge in [-0.15, -0.1) is 0 Å². The van der Waals surface area contributed by atoms with E-state index in [-0.39, 0.29) is 23.7 Å². The standard InChI is InChI=1S/C19H31NO4Si/c1-19(2,3)14-25(4,24-15-20-11-10-17(21)12-20)18(22)23-13-16-8-6-5-7-9-16/h5-9,17,21H,10-15H2,1-4H3. The van der Waals surface area contributed by atoms with E-state index >= 15 is 0 Å². The molecule has 2 atom stereocenters. The van der Waals surface area contributed by atoms with Crippen LogP contribution in [-0.4, -0.2) is 49.8 Å². The second kappa shape index (κ2) is 8.45. The normalized spacial score (nSPS) is 21.1. The number of likely N-dealkylation sites (tertiary alicyclic amines) is 1. The van der Waals surface area contributed by atoms with Crippen LogP contribution in [0.15, 0.2) is 30.3 Å². The Morgan fingerprint density at radius 1 is 1.32 bits per heavy atom. The lowest BCUT2D eigenvalue weighted by Gasteiger charge is -2.32. The van der Waals surface area contributed by atoms with Crippen LogP contribution in [0.3, 0.4) is 0 Å². The monoisotopic (exact) mass is 365 g/mol. The van der Waals surface area contributed by atoms with Crippen molar-refractivity contribution in [2.24, 2.45) is 5.41 Å². The van der Waals surface area contributed by atoms with Crippen LogP contribution in [-0.2, 0) is 15.8 Å². The van der Waals surface area contributed by atoms with Gasteiger partial charge in [-0.3, -0.25) is 9.69 Å². The van der Waals surface area contributed by atoms with Crippen LogP contribution < -0.4 is 0 Å². The molecule has 0 aromatic heterocycles. The Labute approximate surface area is 152 Å².